The number of benzene rings is 1. The molecule has 1 unspecified atom stereocenters. The number of rotatable bonds is 7. The zero-order valence-corrected chi connectivity index (χ0v) is 11.0. The van der Waals surface area contributed by atoms with Gasteiger partial charge in [0.15, 0.2) is 5.44 Å². The van der Waals surface area contributed by atoms with Crippen LogP contribution in [0.2, 0.25) is 0 Å². The van der Waals surface area contributed by atoms with Crippen LogP contribution in [0.1, 0.15) is 19.3 Å². The van der Waals surface area contributed by atoms with Gasteiger partial charge in [0.2, 0.25) is 9.84 Å². The highest BCUT2D eigenvalue weighted by atomic mass is 32.2. The lowest BCUT2D eigenvalue weighted by atomic mass is 10.1. The van der Waals surface area contributed by atoms with Crippen LogP contribution in [0.4, 0.5) is 0 Å². The molecule has 1 rings (SSSR count). The molecule has 0 saturated heterocycles. The minimum Gasteiger partial charge on any atom is -0.375 e. The highest BCUT2D eigenvalue weighted by Crippen LogP contribution is 2.17. The molecule has 5 N–H and O–H groups in total. The summed E-state index contributed by atoms with van der Waals surface area (Å²) in [6.07, 6.45) is 1.91. The summed E-state index contributed by atoms with van der Waals surface area (Å²) in [5.41, 5.74) is 9.49. The van der Waals surface area contributed by atoms with Crippen LogP contribution in [0.15, 0.2) is 35.2 Å². The Morgan fingerprint density at radius 2 is 1.78 bits per heavy atom. The van der Waals surface area contributed by atoms with Gasteiger partial charge in [-0.1, -0.05) is 24.6 Å². The first-order valence-electron chi connectivity index (χ1n) is 5.93. The lowest BCUT2D eigenvalue weighted by Gasteiger charge is -2.19. The van der Waals surface area contributed by atoms with Gasteiger partial charge in [0.25, 0.3) is 0 Å². The van der Waals surface area contributed by atoms with Gasteiger partial charge in [-0.15, -0.1) is 0 Å². The SMILES string of the molecule is NCCCC[C@H](N)C(O)S(=O)(=O)c1ccccc1. The van der Waals surface area contributed by atoms with E-state index in [0.717, 1.165) is 6.42 Å². The topological polar surface area (TPSA) is 106 Å². The van der Waals surface area contributed by atoms with Crippen molar-refractivity contribution in [1.82, 2.24) is 0 Å². The van der Waals surface area contributed by atoms with E-state index in [9.17, 15) is 13.5 Å². The molecule has 0 aliphatic carbocycles. The van der Waals surface area contributed by atoms with Gasteiger partial charge in [0.05, 0.1) is 4.90 Å². The molecule has 0 aliphatic rings. The molecule has 1 aromatic carbocycles. The van der Waals surface area contributed by atoms with Crippen LogP contribution < -0.4 is 11.5 Å². The third-order valence-electron chi connectivity index (χ3n) is 2.75. The van der Waals surface area contributed by atoms with Crippen LogP contribution in [-0.2, 0) is 9.84 Å². The van der Waals surface area contributed by atoms with Crippen LogP contribution in [0.5, 0.6) is 0 Å². The van der Waals surface area contributed by atoms with E-state index in [1.807, 2.05) is 0 Å². The molecule has 5 nitrogen and oxygen atoms in total. The third-order valence-corrected chi connectivity index (χ3v) is 4.66. The van der Waals surface area contributed by atoms with Crippen LogP contribution in [0, 0.1) is 0 Å². The number of aliphatic hydroxyl groups excluding tert-OH is 1. The molecule has 0 aromatic heterocycles. The molecule has 0 aliphatic heterocycles. The van der Waals surface area contributed by atoms with Crippen molar-refractivity contribution in [2.45, 2.75) is 35.6 Å². The van der Waals surface area contributed by atoms with E-state index >= 15 is 0 Å². The number of nitrogens with two attached hydrogens (primary N) is 2. The average Bonchev–Trinajstić information content (AvgIpc) is 2.39. The highest BCUT2D eigenvalue weighted by Gasteiger charge is 2.30. The van der Waals surface area contributed by atoms with Crippen molar-refractivity contribution in [3.8, 4) is 0 Å². The van der Waals surface area contributed by atoms with Crippen molar-refractivity contribution in [1.29, 1.82) is 0 Å². The van der Waals surface area contributed by atoms with Crippen LogP contribution in [-0.4, -0.2) is 31.5 Å². The van der Waals surface area contributed by atoms with Crippen molar-refractivity contribution in [2.24, 2.45) is 11.5 Å². The van der Waals surface area contributed by atoms with E-state index < -0.39 is 21.3 Å². The van der Waals surface area contributed by atoms with Crippen molar-refractivity contribution in [3.63, 3.8) is 0 Å². The Kier molecular flexibility index (Phi) is 5.74. The lowest BCUT2D eigenvalue weighted by molar-refractivity contribution is 0.210. The predicted octanol–water partition coefficient (Wildman–Crippen LogP) is 0.235. The molecule has 2 atom stereocenters. The zero-order chi connectivity index (χ0) is 13.6. The average molecular weight is 272 g/mol. The fourth-order valence-corrected chi connectivity index (χ4v) is 3.06. The van der Waals surface area contributed by atoms with Crippen LogP contribution >= 0.6 is 0 Å². The number of sulfone groups is 1. The van der Waals surface area contributed by atoms with E-state index in [-0.39, 0.29) is 4.90 Å². The fourth-order valence-electron chi connectivity index (χ4n) is 1.65. The minimum absolute atomic E-state index is 0.0896. The molecule has 0 saturated carbocycles. The Bertz CT molecular complexity index is 448. The van der Waals surface area contributed by atoms with Gasteiger partial charge in [0, 0.05) is 6.04 Å². The summed E-state index contributed by atoms with van der Waals surface area (Å²) in [4.78, 5) is 0.0896. The number of hydrogen-bond donors (Lipinski definition) is 3. The van der Waals surface area contributed by atoms with Gasteiger partial charge in [-0.05, 0) is 31.5 Å². The van der Waals surface area contributed by atoms with Gasteiger partial charge >= 0.3 is 0 Å². The van der Waals surface area contributed by atoms with E-state index in [4.69, 9.17) is 11.5 Å². The van der Waals surface area contributed by atoms with E-state index in [1.165, 1.54) is 12.1 Å². The maximum Gasteiger partial charge on any atom is 0.206 e. The minimum atomic E-state index is -3.78. The normalized spacial score (nSPS) is 15.3. The van der Waals surface area contributed by atoms with Gasteiger partial charge < -0.3 is 16.6 Å². The largest absolute Gasteiger partial charge is 0.375 e. The molecule has 102 valence electrons. The van der Waals surface area contributed by atoms with Gasteiger partial charge in [0.1, 0.15) is 0 Å². The third kappa shape index (κ3) is 3.78. The molecular weight excluding hydrogens is 252 g/mol. The molecule has 6 heteroatoms. The summed E-state index contributed by atoms with van der Waals surface area (Å²) < 4.78 is 24.1. The van der Waals surface area contributed by atoms with Gasteiger partial charge in [-0.3, -0.25) is 0 Å². The summed E-state index contributed by atoms with van der Waals surface area (Å²) in [7, 11) is -3.78. The van der Waals surface area contributed by atoms with Crippen molar-refractivity contribution >= 4 is 9.84 Å². The number of aliphatic hydroxyl groups is 1. The Labute approximate surface area is 108 Å². The zero-order valence-electron chi connectivity index (χ0n) is 10.2. The first-order valence-corrected chi connectivity index (χ1v) is 7.47. The van der Waals surface area contributed by atoms with Gasteiger partial charge in [-0.25, -0.2) is 8.42 Å². The maximum absolute atomic E-state index is 12.1. The Morgan fingerprint density at radius 3 is 2.33 bits per heavy atom. The molecule has 0 bridgehead atoms. The molecule has 0 heterocycles. The highest BCUT2D eigenvalue weighted by molar-refractivity contribution is 7.92. The Morgan fingerprint density at radius 1 is 1.17 bits per heavy atom. The summed E-state index contributed by atoms with van der Waals surface area (Å²) in [6, 6.07) is 7.05. The maximum atomic E-state index is 12.1. The predicted molar refractivity (Wildman–Crippen MR) is 70.5 cm³/mol. The molecular formula is C12H20N2O3S. The first kappa shape index (κ1) is 15.1. The van der Waals surface area contributed by atoms with Crippen LogP contribution in [0.25, 0.3) is 0 Å². The monoisotopic (exact) mass is 272 g/mol. The van der Waals surface area contributed by atoms with Crippen molar-refractivity contribution in [3.05, 3.63) is 30.3 Å². The second kappa shape index (κ2) is 6.84. The summed E-state index contributed by atoms with van der Waals surface area (Å²) >= 11 is 0. The second-order valence-electron chi connectivity index (χ2n) is 4.20. The molecule has 0 fully saturated rings. The molecule has 18 heavy (non-hydrogen) atoms. The number of unbranched alkanes of at least 4 members (excludes halogenated alkanes) is 1. The van der Waals surface area contributed by atoms with Crippen molar-refractivity contribution in [2.75, 3.05) is 6.54 Å². The lowest BCUT2D eigenvalue weighted by Crippen LogP contribution is -2.40. The summed E-state index contributed by atoms with van der Waals surface area (Å²) in [6.45, 7) is 0.536. The quantitative estimate of drug-likeness (QED) is 0.616. The van der Waals surface area contributed by atoms with Crippen LogP contribution in [0.3, 0.4) is 0 Å². The first-order chi connectivity index (χ1) is 8.50. The second-order valence-corrected chi connectivity index (χ2v) is 6.24. The Balaban J connectivity index is 2.73. The molecule has 0 radical (unpaired) electrons. The van der Waals surface area contributed by atoms with E-state index in [0.29, 0.717) is 19.4 Å². The Hall–Kier alpha value is -0.950. The van der Waals surface area contributed by atoms with Crippen molar-refractivity contribution < 1.29 is 13.5 Å². The standard InChI is InChI=1S/C12H20N2O3S/c13-9-5-4-8-11(14)12(15)18(16,17)10-6-2-1-3-7-10/h1-3,6-7,11-12,15H,4-5,8-9,13-14H2/t11-,12?/m0/s1. The summed E-state index contributed by atoms with van der Waals surface area (Å²) in [5.74, 6) is 0. The van der Waals surface area contributed by atoms with E-state index in [2.05, 4.69) is 0 Å². The van der Waals surface area contributed by atoms with Gasteiger partial charge in [-0.2, -0.15) is 0 Å². The van der Waals surface area contributed by atoms with E-state index in [1.54, 1.807) is 18.2 Å². The molecule has 0 amide bonds. The number of hydrogen-bond acceptors (Lipinski definition) is 5. The smallest absolute Gasteiger partial charge is 0.206 e. The summed E-state index contributed by atoms with van der Waals surface area (Å²) in [5, 5.41) is 9.85. The fraction of sp³-hybridized carbons (Fsp3) is 0.500. The molecule has 0 spiro atoms. The molecule has 1 aromatic rings.